The molecule has 1 rings (SSSR count). The third-order valence-electron chi connectivity index (χ3n) is 4.29. The number of likely N-dealkylation sites (tertiary alicyclic amines) is 1. The molecule has 1 atom stereocenters. The van der Waals surface area contributed by atoms with Crippen LogP contribution in [0.1, 0.15) is 46.5 Å². The summed E-state index contributed by atoms with van der Waals surface area (Å²) in [5, 5.41) is 0. The van der Waals surface area contributed by atoms with Crippen molar-refractivity contribution in [2.24, 2.45) is 5.92 Å². The Hall–Kier alpha value is -1.10. The minimum atomic E-state index is -0.247. The summed E-state index contributed by atoms with van der Waals surface area (Å²) in [5.74, 6) is 0.203. The SMILES string of the molecule is CCN(CCCN(C)C)C(=O)[C@@H]1CCCCN1C(=O)C(C)C. The topological polar surface area (TPSA) is 43.9 Å². The number of likely N-dealkylation sites (N-methyl/N-ethyl adjacent to an activating group) is 1. The molecule has 1 saturated heterocycles. The minimum absolute atomic E-state index is 0.0442. The second-order valence-corrected chi connectivity index (χ2v) is 6.77. The lowest BCUT2D eigenvalue weighted by molar-refractivity contribution is -0.149. The quantitative estimate of drug-likeness (QED) is 0.720. The van der Waals surface area contributed by atoms with E-state index in [2.05, 4.69) is 4.90 Å². The first-order valence-corrected chi connectivity index (χ1v) is 8.62. The number of carbonyl (C=O) groups is 2. The zero-order valence-corrected chi connectivity index (χ0v) is 15.0. The summed E-state index contributed by atoms with van der Waals surface area (Å²) < 4.78 is 0. The van der Waals surface area contributed by atoms with E-state index in [9.17, 15) is 9.59 Å². The Morgan fingerprint density at radius 3 is 2.41 bits per heavy atom. The molecule has 0 aliphatic carbocycles. The van der Waals surface area contributed by atoms with Gasteiger partial charge in [-0.15, -0.1) is 0 Å². The molecular weight excluding hydrogens is 278 g/mol. The van der Waals surface area contributed by atoms with Crippen LogP contribution in [-0.2, 0) is 9.59 Å². The van der Waals surface area contributed by atoms with Gasteiger partial charge in [0.1, 0.15) is 6.04 Å². The molecule has 0 unspecified atom stereocenters. The Labute approximate surface area is 135 Å². The summed E-state index contributed by atoms with van der Waals surface area (Å²) in [7, 11) is 4.09. The Morgan fingerprint density at radius 2 is 1.86 bits per heavy atom. The third-order valence-corrected chi connectivity index (χ3v) is 4.29. The van der Waals surface area contributed by atoms with Gasteiger partial charge in [0.25, 0.3) is 0 Å². The molecule has 5 heteroatoms. The summed E-state index contributed by atoms with van der Waals surface area (Å²) in [6.45, 7) is 9.03. The molecule has 1 aliphatic rings. The highest BCUT2D eigenvalue weighted by molar-refractivity contribution is 5.88. The van der Waals surface area contributed by atoms with Gasteiger partial charge in [0, 0.05) is 25.6 Å². The molecule has 0 radical (unpaired) electrons. The van der Waals surface area contributed by atoms with Crippen molar-refractivity contribution in [3.05, 3.63) is 0 Å². The van der Waals surface area contributed by atoms with E-state index in [0.717, 1.165) is 45.3 Å². The third kappa shape index (κ3) is 5.27. The van der Waals surface area contributed by atoms with Crippen molar-refractivity contribution in [2.75, 3.05) is 40.3 Å². The number of hydrogen-bond acceptors (Lipinski definition) is 3. The molecule has 1 heterocycles. The van der Waals surface area contributed by atoms with E-state index in [-0.39, 0.29) is 23.8 Å². The van der Waals surface area contributed by atoms with E-state index in [1.807, 2.05) is 44.7 Å². The largest absolute Gasteiger partial charge is 0.341 e. The first-order chi connectivity index (χ1) is 10.4. The second-order valence-electron chi connectivity index (χ2n) is 6.77. The molecule has 128 valence electrons. The van der Waals surface area contributed by atoms with Gasteiger partial charge in [-0.25, -0.2) is 0 Å². The van der Waals surface area contributed by atoms with Crippen LogP contribution in [0.4, 0.5) is 0 Å². The Kier molecular flexibility index (Phi) is 7.87. The molecule has 0 spiro atoms. The Morgan fingerprint density at radius 1 is 1.18 bits per heavy atom. The van der Waals surface area contributed by atoms with E-state index < -0.39 is 0 Å². The highest BCUT2D eigenvalue weighted by Gasteiger charge is 2.34. The number of nitrogens with zero attached hydrogens (tertiary/aromatic N) is 3. The van der Waals surface area contributed by atoms with Gasteiger partial charge in [0.05, 0.1) is 0 Å². The average molecular weight is 311 g/mol. The van der Waals surface area contributed by atoms with Gasteiger partial charge in [-0.05, 0) is 53.2 Å². The molecule has 2 amide bonds. The van der Waals surface area contributed by atoms with Gasteiger partial charge in [0.15, 0.2) is 0 Å². The fourth-order valence-corrected chi connectivity index (χ4v) is 3.00. The summed E-state index contributed by atoms with van der Waals surface area (Å²) in [5.41, 5.74) is 0. The highest BCUT2D eigenvalue weighted by atomic mass is 16.2. The van der Waals surface area contributed by atoms with Crippen LogP contribution in [0.25, 0.3) is 0 Å². The molecule has 0 bridgehead atoms. The van der Waals surface area contributed by atoms with Crippen LogP contribution in [0.2, 0.25) is 0 Å². The van der Waals surface area contributed by atoms with Gasteiger partial charge in [-0.3, -0.25) is 9.59 Å². The Bertz CT molecular complexity index is 369. The molecule has 1 aliphatic heterocycles. The number of hydrogen-bond donors (Lipinski definition) is 0. The first kappa shape index (κ1) is 18.9. The van der Waals surface area contributed by atoms with Crippen LogP contribution in [0.5, 0.6) is 0 Å². The van der Waals surface area contributed by atoms with E-state index in [1.54, 1.807) is 0 Å². The maximum absolute atomic E-state index is 12.9. The second kappa shape index (κ2) is 9.13. The molecule has 1 fully saturated rings. The van der Waals surface area contributed by atoms with Crippen molar-refractivity contribution < 1.29 is 9.59 Å². The molecule has 0 saturated carbocycles. The summed E-state index contributed by atoms with van der Waals surface area (Å²) in [6, 6.07) is -0.247. The van der Waals surface area contributed by atoms with Crippen LogP contribution in [0.15, 0.2) is 0 Å². The first-order valence-electron chi connectivity index (χ1n) is 8.62. The lowest BCUT2D eigenvalue weighted by Gasteiger charge is -2.38. The van der Waals surface area contributed by atoms with Crippen molar-refractivity contribution in [2.45, 2.75) is 52.5 Å². The zero-order valence-electron chi connectivity index (χ0n) is 15.0. The van der Waals surface area contributed by atoms with E-state index in [1.165, 1.54) is 0 Å². The van der Waals surface area contributed by atoms with E-state index in [4.69, 9.17) is 0 Å². The van der Waals surface area contributed by atoms with Gasteiger partial charge >= 0.3 is 0 Å². The van der Waals surface area contributed by atoms with Crippen molar-refractivity contribution in [1.82, 2.24) is 14.7 Å². The van der Waals surface area contributed by atoms with Crippen LogP contribution in [0.3, 0.4) is 0 Å². The molecule has 22 heavy (non-hydrogen) atoms. The van der Waals surface area contributed by atoms with Crippen molar-refractivity contribution in [1.29, 1.82) is 0 Å². The summed E-state index contributed by atoms with van der Waals surface area (Å²) >= 11 is 0. The van der Waals surface area contributed by atoms with E-state index >= 15 is 0 Å². The molecule has 0 N–H and O–H groups in total. The van der Waals surface area contributed by atoms with E-state index in [0.29, 0.717) is 6.54 Å². The molecule has 5 nitrogen and oxygen atoms in total. The minimum Gasteiger partial charge on any atom is -0.341 e. The lowest BCUT2D eigenvalue weighted by atomic mass is 9.98. The predicted molar refractivity (Wildman–Crippen MR) is 89.6 cm³/mol. The van der Waals surface area contributed by atoms with Crippen LogP contribution in [-0.4, -0.2) is 72.8 Å². The maximum atomic E-state index is 12.9. The standard InChI is InChI=1S/C17H33N3O2/c1-6-19(12-9-11-18(4)5)17(22)15-10-7-8-13-20(15)16(21)14(2)3/h14-15H,6-13H2,1-5H3/t15-/m0/s1. The highest BCUT2D eigenvalue weighted by Crippen LogP contribution is 2.21. The average Bonchev–Trinajstić information content (AvgIpc) is 2.49. The van der Waals surface area contributed by atoms with Gasteiger partial charge in [0.2, 0.25) is 11.8 Å². The fourth-order valence-electron chi connectivity index (χ4n) is 3.00. The molecule has 0 aromatic rings. The zero-order chi connectivity index (χ0) is 16.7. The Balaban J connectivity index is 2.70. The molecule has 0 aromatic heterocycles. The predicted octanol–water partition coefficient (Wildman–Crippen LogP) is 1.82. The van der Waals surface area contributed by atoms with Crippen molar-refractivity contribution >= 4 is 11.8 Å². The number of piperidine rings is 1. The fraction of sp³-hybridized carbons (Fsp3) is 0.882. The van der Waals surface area contributed by atoms with Crippen molar-refractivity contribution in [3.8, 4) is 0 Å². The van der Waals surface area contributed by atoms with Gasteiger partial charge < -0.3 is 14.7 Å². The van der Waals surface area contributed by atoms with Gasteiger partial charge in [-0.2, -0.15) is 0 Å². The van der Waals surface area contributed by atoms with Crippen LogP contribution < -0.4 is 0 Å². The molecule has 0 aromatic carbocycles. The van der Waals surface area contributed by atoms with Gasteiger partial charge in [-0.1, -0.05) is 13.8 Å². The maximum Gasteiger partial charge on any atom is 0.245 e. The summed E-state index contributed by atoms with van der Waals surface area (Å²) in [4.78, 5) is 31.1. The van der Waals surface area contributed by atoms with Crippen LogP contribution >= 0.6 is 0 Å². The smallest absolute Gasteiger partial charge is 0.245 e. The van der Waals surface area contributed by atoms with Crippen LogP contribution in [0, 0.1) is 5.92 Å². The molecular formula is C17H33N3O2. The van der Waals surface area contributed by atoms with Crippen molar-refractivity contribution in [3.63, 3.8) is 0 Å². The normalized spacial score (nSPS) is 18.9. The number of carbonyl (C=O) groups excluding carboxylic acids is 2. The monoisotopic (exact) mass is 311 g/mol. The summed E-state index contributed by atoms with van der Waals surface area (Å²) in [6.07, 6.45) is 3.82. The number of rotatable bonds is 7. The number of amides is 2. The lowest BCUT2D eigenvalue weighted by Crippen LogP contribution is -2.54.